The SMILES string of the molecule is O=C=Nc1cc(Sc2ccccc2)cc([N+](=O)[O-])c1. The van der Waals surface area contributed by atoms with Crippen LogP contribution in [0.1, 0.15) is 0 Å². The molecule has 5 nitrogen and oxygen atoms in total. The number of isocyanates is 1. The number of non-ortho nitro benzene ring substituents is 1. The van der Waals surface area contributed by atoms with E-state index in [-0.39, 0.29) is 11.4 Å². The summed E-state index contributed by atoms with van der Waals surface area (Å²) in [5, 5.41) is 10.8. The quantitative estimate of drug-likeness (QED) is 0.368. The second kappa shape index (κ2) is 5.95. The minimum Gasteiger partial charge on any atom is -0.258 e. The van der Waals surface area contributed by atoms with Crippen LogP contribution in [0.4, 0.5) is 11.4 Å². The van der Waals surface area contributed by atoms with Crippen LogP contribution >= 0.6 is 11.8 Å². The molecule has 0 aliphatic carbocycles. The molecule has 0 aliphatic heterocycles. The van der Waals surface area contributed by atoms with E-state index < -0.39 is 4.92 Å². The Kier molecular flexibility index (Phi) is 4.07. The highest BCUT2D eigenvalue weighted by atomic mass is 32.2. The summed E-state index contributed by atoms with van der Waals surface area (Å²) in [6.45, 7) is 0. The Morgan fingerprint density at radius 2 is 1.84 bits per heavy atom. The van der Waals surface area contributed by atoms with E-state index in [0.717, 1.165) is 4.90 Å². The first-order valence-corrected chi connectivity index (χ1v) is 6.11. The lowest BCUT2D eigenvalue weighted by Crippen LogP contribution is -1.87. The fraction of sp³-hybridized carbons (Fsp3) is 0. The number of nitro groups is 1. The molecular formula is C13H8N2O3S. The fourth-order valence-corrected chi connectivity index (χ4v) is 2.40. The van der Waals surface area contributed by atoms with Gasteiger partial charge in [-0.2, -0.15) is 4.99 Å². The molecule has 2 rings (SSSR count). The summed E-state index contributed by atoms with van der Waals surface area (Å²) in [5.41, 5.74) is 0.123. The zero-order chi connectivity index (χ0) is 13.7. The lowest BCUT2D eigenvalue weighted by Gasteiger charge is -2.02. The van der Waals surface area contributed by atoms with Gasteiger partial charge < -0.3 is 0 Å². The van der Waals surface area contributed by atoms with Crippen molar-refractivity contribution in [2.75, 3.05) is 0 Å². The zero-order valence-corrected chi connectivity index (χ0v) is 10.5. The molecule has 6 heteroatoms. The maximum absolute atomic E-state index is 10.8. The average Bonchev–Trinajstić information content (AvgIpc) is 2.40. The highest BCUT2D eigenvalue weighted by Gasteiger charge is 2.10. The van der Waals surface area contributed by atoms with Crippen LogP contribution in [0.5, 0.6) is 0 Å². The summed E-state index contributed by atoms with van der Waals surface area (Å²) >= 11 is 1.36. The van der Waals surface area contributed by atoms with E-state index in [0.29, 0.717) is 4.90 Å². The summed E-state index contributed by atoms with van der Waals surface area (Å²) in [4.78, 5) is 25.6. The number of benzene rings is 2. The molecule has 0 saturated heterocycles. The molecule has 0 radical (unpaired) electrons. The molecule has 2 aromatic rings. The maximum Gasteiger partial charge on any atom is 0.272 e. The lowest BCUT2D eigenvalue weighted by atomic mass is 10.3. The van der Waals surface area contributed by atoms with Crippen molar-refractivity contribution in [3.05, 3.63) is 58.6 Å². The van der Waals surface area contributed by atoms with Crippen molar-refractivity contribution in [3.8, 4) is 0 Å². The number of nitro benzene ring substituents is 1. The standard InChI is InChI=1S/C13H8N2O3S/c16-9-14-10-6-11(15(17)18)8-13(7-10)19-12-4-2-1-3-5-12/h1-8H. The second-order valence-corrected chi connectivity index (χ2v) is 4.71. The summed E-state index contributed by atoms with van der Waals surface area (Å²) in [5.74, 6) is 0. The minimum absolute atomic E-state index is 0.102. The molecule has 0 aromatic heterocycles. The van der Waals surface area contributed by atoms with E-state index in [4.69, 9.17) is 0 Å². The van der Waals surface area contributed by atoms with Gasteiger partial charge in [0.1, 0.15) is 0 Å². The zero-order valence-electron chi connectivity index (χ0n) is 9.65. The Bertz CT molecular complexity index is 632. The number of aliphatic imine (C=N–C) groups is 1. The summed E-state index contributed by atoms with van der Waals surface area (Å²) in [7, 11) is 0. The van der Waals surface area contributed by atoms with Crippen molar-refractivity contribution in [2.45, 2.75) is 9.79 Å². The van der Waals surface area contributed by atoms with Crippen LogP contribution in [0.2, 0.25) is 0 Å². The third-order valence-electron chi connectivity index (χ3n) is 2.24. The van der Waals surface area contributed by atoms with E-state index in [1.54, 1.807) is 6.07 Å². The second-order valence-electron chi connectivity index (χ2n) is 3.56. The highest BCUT2D eigenvalue weighted by Crippen LogP contribution is 2.33. The van der Waals surface area contributed by atoms with Crippen molar-refractivity contribution in [1.82, 2.24) is 0 Å². The Morgan fingerprint density at radius 1 is 1.11 bits per heavy atom. The monoisotopic (exact) mass is 272 g/mol. The molecular weight excluding hydrogens is 264 g/mol. The van der Waals surface area contributed by atoms with Gasteiger partial charge in [0, 0.05) is 21.9 Å². The van der Waals surface area contributed by atoms with Gasteiger partial charge >= 0.3 is 0 Å². The summed E-state index contributed by atoms with van der Waals surface area (Å²) in [6, 6.07) is 13.7. The Balaban J connectivity index is 2.39. The number of hydrogen-bond acceptors (Lipinski definition) is 5. The van der Waals surface area contributed by atoms with Crippen LogP contribution in [-0.2, 0) is 4.79 Å². The number of nitrogens with zero attached hydrogens (tertiary/aromatic N) is 2. The smallest absolute Gasteiger partial charge is 0.258 e. The molecule has 2 aromatic carbocycles. The molecule has 0 saturated carbocycles. The predicted molar refractivity (Wildman–Crippen MR) is 71.4 cm³/mol. The van der Waals surface area contributed by atoms with E-state index >= 15 is 0 Å². The first-order valence-electron chi connectivity index (χ1n) is 5.29. The van der Waals surface area contributed by atoms with Gasteiger partial charge in [0.05, 0.1) is 10.6 Å². The average molecular weight is 272 g/mol. The van der Waals surface area contributed by atoms with E-state index in [9.17, 15) is 14.9 Å². The number of carbonyl (C=O) groups excluding carboxylic acids is 1. The predicted octanol–water partition coefficient (Wildman–Crippen LogP) is 3.71. The van der Waals surface area contributed by atoms with Gasteiger partial charge in [-0.05, 0) is 18.2 Å². The molecule has 0 unspecified atom stereocenters. The van der Waals surface area contributed by atoms with Crippen LogP contribution in [0.3, 0.4) is 0 Å². The van der Waals surface area contributed by atoms with Gasteiger partial charge in [-0.3, -0.25) is 10.1 Å². The van der Waals surface area contributed by atoms with Crippen molar-refractivity contribution in [1.29, 1.82) is 0 Å². The van der Waals surface area contributed by atoms with E-state index in [1.165, 1.54) is 30.0 Å². The highest BCUT2D eigenvalue weighted by molar-refractivity contribution is 7.99. The molecule has 19 heavy (non-hydrogen) atoms. The number of rotatable bonds is 4. The van der Waals surface area contributed by atoms with Crippen molar-refractivity contribution in [2.24, 2.45) is 4.99 Å². The fourth-order valence-electron chi connectivity index (χ4n) is 1.47. The Labute approximate surface area is 113 Å². The van der Waals surface area contributed by atoms with Gasteiger partial charge in [-0.25, -0.2) is 4.79 Å². The summed E-state index contributed by atoms with van der Waals surface area (Å²) < 4.78 is 0. The van der Waals surface area contributed by atoms with Gasteiger partial charge in [-0.15, -0.1) is 0 Å². The molecule has 0 aliphatic rings. The molecule has 0 amide bonds. The van der Waals surface area contributed by atoms with Crippen LogP contribution in [0.25, 0.3) is 0 Å². The van der Waals surface area contributed by atoms with Crippen LogP contribution < -0.4 is 0 Å². The Hall–Kier alpha value is -2.43. The molecule has 0 spiro atoms. The third-order valence-corrected chi connectivity index (χ3v) is 3.22. The van der Waals surface area contributed by atoms with Gasteiger partial charge in [0.15, 0.2) is 0 Å². The largest absolute Gasteiger partial charge is 0.272 e. The number of hydrogen-bond donors (Lipinski definition) is 0. The van der Waals surface area contributed by atoms with Crippen LogP contribution in [-0.4, -0.2) is 11.0 Å². The topological polar surface area (TPSA) is 72.6 Å². The molecule has 0 heterocycles. The Morgan fingerprint density at radius 3 is 2.47 bits per heavy atom. The van der Waals surface area contributed by atoms with Crippen LogP contribution in [0, 0.1) is 10.1 Å². The normalized spacial score (nSPS) is 9.68. The molecule has 94 valence electrons. The van der Waals surface area contributed by atoms with Gasteiger partial charge in [0.25, 0.3) is 5.69 Å². The van der Waals surface area contributed by atoms with Crippen molar-refractivity contribution >= 4 is 29.2 Å². The molecule has 0 N–H and O–H groups in total. The van der Waals surface area contributed by atoms with E-state index in [1.807, 2.05) is 30.3 Å². The van der Waals surface area contributed by atoms with E-state index in [2.05, 4.69) is 4.99 Å². The van der Waals surface area contributed by atoms with Crippen LogP contribution in [0.15, 0.2) is 63.3 Å². The van der Waals surface area contributed by atoms with Gasteiger partial charge in [-0.1, -0.05) is 30.0 Å². The summed E-state index contributed by atoms with van der Waals surface area (Å²) in [6.07, 6.45) is 1.38. The lowest BCUT2D eigenvalue weighted by molar-refractivity contribution is -0.385. The maximum atomic E-state index is 10.8. The molecule has 0 bridgehead atoms. The first kappa shape index (κ1) is 13.0. The first-order chi connectivity index (χ1) is 9.19. The molecule has 0 fully saturated rings. The van der Waals surface area contributed by atoms with Crippen molar-refractivity contribution in [3.63, 3.8) is 0 Å². The van der Waals surface area contributed by atoms with Gasteiger partial charge in [0.2, 0.25) is 6.08 Å². The third kappa shape index (κ3) is 3.51. The van der Waals surface area contributed by atoms with Crippen molar-refractivity contribution < 1.29 is 9.72 Å². The minimum atomic E-state index is -0.515. The molecule has 0 atom stereocenters.